The quantitative estimate of drug-likeness (QED) is 0.692. The first kappa shape index (κ1) is 22.0. The first-order valence-electron chi connectivity index (χ1n) is 10.3. The Bertz CT molecular complexity index is 1000. The number of carbonyl (C=O) groups excluding carboxylic acids is 3. The molecule has 3 amide bonds. The second-order valence-electron chi connectivity index (χ2n) is 7.31. The average molecular weight is 454 g/mol. The Balaban J connectivity index is 1.24. The van der Waals surface area contributed by atoms with Crippen LogP contribution in [0.1, 0.15) is 12.8 Å². The van der Waals surface area contributed by atoms with Crippen molar-refractivity contribution in [3.05, 3.63) is 54.6 Å². The highest BCUT2D eigenvalue weighted by Gasteiger charge is 2.32. The number of anilines is 1. The van der Waals surface area contributed by atoms with Gasteiger partial charge in [-0.15, -0.1) is 0 Å². The fraction of sp³-hybridized carbons (Fsp3) is 0.304. The lowest BCUT2D eigenvalue weighted by atomic mass is 10.2. The number of rotatable bonds is 7. The number of ether oxygens (including phenoxy) is 2. The molecule has 0 aliphatic carbocycles. The van der Waals surface area contributed by atoms with E-state index < -0.39 is 5.25 Å². The Kier molecular flexibility index (Phi) is 7.18. The van der Waals surface area contributed by atoms with Gasteiger partial charge in [0.1, 0.15) is 16.7 Å². The maximum absolute atomic E-state index is 12.4. The van der Waals surface area contributed by atoms with Gasteiger partial charge in [-0.25, -0.2) is 4.99 Å². The van der Waals surface area contributed by atoms with E-state index in [1.807, 2.05) is 30.3 Å². The van der Waals surface area contributed by atoms with E-state index in [1.165, 1.54) is 11.8 Å². The van der Waals surface area contributed by atoms with Crippen LogP contribution in [0.4, 0.5) is 5.69 Å². The Morgan fingerprint density at radius 2 is 1.75 bits per heavy atom. The Morgan fingerprint density at radius 3 is 2.47 bits per heavy atom. The molecule has 4 rings (SSSR count). The molecule has 2 aromatic carbocycles. The summed E-state index contributed by atoms with van der Waals surface area (Å²) in [4.78, 5) is 42.7. The van der Waals surface area contributed by atoms with Crippen molar-refractivity contribution in [3.8, 4) is 11.5 Å². The van der Waals surface area contributed by atoms with Gasteiger partial charge in [-0.2, -0.15) is 0 Å². The Hall–Kier alpha value is -3.17. The zero-order chi connectivity index (χ0) is 22.3. The van der Waals surface area contributed by atoms with Crippen LogP contribution < -0.4 is 10.1 Å². The third-order valence-electron chi connectivity index (χ3n) is 4.94. The first-order valence-corrected chi connectivity index (χ1v) is 11.2. The number of hydrogen-bond donors (Lipinski definition) is 1. The minimum absolute atomic E-state index is 0.00941. The van der Waals surface area contributed by atoms with E-state index in [4.69, 9.17) is 9.47 Å². The third-order valence-corrected chi connectivity index (χ3v) is 6.10. The number of morpholine rings is 1. The van der Waals surface area contributed by atoms with Gasteiger partial charge in [-0.3, -0.25) is 14.4 Å². The van der Waals surface area contributed by atoms with Crippen molar-refractivity contribution in [2.45, 2.75) is 18.1 Å². The second-order valence-corrected chi connectivity index (χ2v) is 8.59. The molecule has 166 valence electrons. The van der Waals surface area contributed by atoms with Gasteiger partial charge < -0.3 is 19.7 Å². The van der Waals surface area contributed by atoms with E-state index in [0.29, 0.717) is 42.8 Å². The minimum atomic E-state index is -0.608. The predicted molar refractivity (Wildman–Crippen MR) is 122 cm³/mol. The molecular weight excluding hydrogens is 430 g/mol. The monoisotopic (exact) mass is 453 g/mol. The van der Waals surface area contributed by atoms with Crippen LogP contribution in [0.15, 0.2) is 59.6 Å². The topological polar surface area (TPSA) is 97.3 Å². The lowest BCUT2D eigenvalue weighted by Crippen LogP contribution is -2.41. The van der Waals surface area contributed by atoms with Crippen molar-refractivity contribution >= 4 is 40.2 Å². The lowest BCUT2D eigenvalue weighted by Gasteiger charge is -2.26. The smallest absolute Gasteiger partial charge is 0.260 e. The normalized spacial score (nSPS) is 18.2. The summed E-state index contributed by atoms with van der Waals surface area (Å²) in [5.74, 6) is 0.642. The molecule has 1 N–H and O–H groups in total. The van der Waals surface area contributed by atoms with Gasteiger partial charge in [-0.1, -0.05) is 30.0 Å². The molecule has 1 saturated heterocycles. The molecule has 2 aromatic rings. The summed E-state index contributed by atoms with van der Waals surface area (Å²) < 4.78 is 11.0. The number of amides is 3. The van der Waals surface area contributed by atoms with Gasteiger partial charge in [0.15, 0.2) is 0 Å². The van der Waals surface area contributed by atoms with E-state index >= 15 is 0 Å². The fourth-order valence-corrected chi connectivity index (χ4v) is 4.38. The molecule has 0 unspecified atom stereocenters. The van der Waals surface area contributed by atoms with Crippen molar-refractivity contribution in [2.24, 2.45) is 4.99 Å². The fourth-order valence-electron chi connectivity index (χ4n) is 3.31. The van der Waals surface area contributed by atoms with Gasteiger partial charge in [0.2, 0.25) is 11.8 Å². The molecule has 9 heteroatoms. The molecule has 2 heterocycles. The summed E-state index contributed by atoms with van der Waals surface area (Å²) in [5, 5.41) is 2.64. The zero-order valence-corrected chi connectivity index (χ0v) is 18.2. The molecule has 8 nitrogen and oxygen atoms in total. The van der Waals surface area contributed by atoms with Crippen LogP contribution in [0.5, 0.6) is 11.5 Å². The summed E-state index contributed by atoms with van der Waals surface area (Å²) >= 11 is 1.19. The molecule has 2 aliphatic heterocycles. The van der Waals surface area contributed by atoms with Crippen molar-refractivity contribution < 1.29 is 23.9 Å². The highest BCUT2D eigenvalue weighted by atomic mass is 32.2. The average Bonchev–Trinajstić information content (AvgIpc) is 3.14. The minimum Gasteiger partial charge on any atom is -0.457 e. The van der Waals surface area contributed by atoms with E-state index in [-0.39, 0.29) is 30.6 Å². The standard InChI is InChI=1S/C23H23N3O5S/c27-20(24-16-6-8-18(9-7-16)31-17-4-2-1-3-5-17)14-19-23(29)25-21(32-19)15-22(28)26-10-12-30-13-11-26/h1-9,19H,10-15H2,(H,24,27)/t19-/m0/s1. The molecule has 0 spiro atoms. The van der Waals surface area contributed by atoms with E-state index in [2.05, 4.69) is 10.3 Å². The van der Waals surface area contributed by atoms with Crippen molar-refractivity contribution in [1.29, 1.82) is 0 Å². The van der Waals surface area contributed by atoms with Crippen LogP contribution in [-0.4, -0.2) is 59.2 Å². The van der Waals surface area contributed by atoms with E-state index in [9.17, 15) is 14.4 Å². The summed E-state index contributed by atoms with van der Waals surface area (Å²) in [6, 6.07) is 16.4. The number of carbonyl (C=O) groups is 3. The van der Waals surface area contributed by atoms with Gasteiger partial charge in [0, 0.05) is 25.2 Å². The summed E-state index contributed by atoms with van der Waals surface area (Å²) in [6.07, 6.45) is 0.0713. The van der Waals surface area contributed by atoms with Crippen molar-refractivity contribution in [2.75, 3.05) is 31.6 Å². The highest BCUT2D eigenvalue weighted by Crippen LogP contribution is 2.28. The maximum atomic E-state index is 12.4. The SMILES string of the molecule is O=C(C[C@@H]1SC(CC(=O)N2CCOCC2)=NC1=O)Nc1ccc(Oc2ccccc2)cc1. The number of thioether (sulfide) groups is 1. The molecule has 32 heavy (non-hydrogen) atoms. The van der Waals surface area contributed by atoms with Crippen molar-refractivity contribution in [1.82, 2.24) is 4.90 Å². The molecular formula is C23H23N3O5S. The first-order chi connectivity index (χ1) is 15.6. The van der Waals surface area contributed by atoms with Crippen LogP contribution in [0.3, 0.4) is 0 Å². The molecule has 0 saturated carbocycles. The maximum Gasteiger partial charge on any atom is 0.260 e. The number of para-hydroxylation sites is 1. The summed E-state index contributed by atoms with van der Waals surface area (Å²) in [5.41, 5.74) is 0.606. The molecule has 2 aliphatic rings. The van der Waals surface area contributed by atoms with Gasteiger partial charge in [0.25, 0.3) is 5.91 Å². The number of hydrogen-bond acceptors (Lipinski definition) is 6. The van der Waals surface area contributed by atoms with Crippen LogP contribution in [0.2, 0.25) is 0 Å². The van der Waals surface area contributed by atoms with Gasteiger partial charge in [-0.05, 0) is 36.4 Å². The van der Waals surface area contributed by atoms with E-state index in [1.54, 1.807) is 29.2 Å². The highest BCUT2D eigenvalue weighted by molar-refractivity contribution is 8.15. The molecule has 1 atom stereocenters. The Labute approximate surface area is 190 Å². The Morgan fingerprint density at radius 1 is 1.06 bits per heavy atom. The van der Waals surface area contributed by atoms with Crippen LogP contribution in [0.25, 0.3) is 0 Å². The van der Waals surface area contributed by atoms with Gasteiger partial charge >= 0.3 is 0 Å². The number of nitrogens with zero attached hydrogens (tertiary/aromatic N) is 2. The second kappa shape index (κ2) is 10.4. The molecule has 0 aromatic heterocycles. The van der Waals surface area contributed by atoms with Crippen molar-refractivity contribution in [3.63, 3.8) is 0 Å². The van der Waals surface area contributed by atoms with Crippen LogP contribution in [-0.2, 0) is 19.1 Å². The summed E-state index contributed by atoms with van der Waals surface area (Å²) in [7, 11) is 0. The molecule has 0 bridgehead atoms. The third kappa shape index (κ3) is 5.95. The predicted octanol–water partition coefficient (Wildman–Crippen LogP) is 3.10. The molecule has 0 radical (unpaired) electrons. The number of benzene rings is 2. The van der Waals surface area contributed by atoms with Gasteiger partial charge in [0.05, 0.1) is 24.7 Å². The summed E-state index contributed by atoms with van der Waals surface area (Å²) in [6.45, 7) is 2.14. The van der Waals surface area contributed by atoms with Crippen LogP contribution >= 0.6 is 11.8 Å². The van der Waals surface area contributed by atoms with E-state index in [0.717, 1.165) is 5.75 Å². The largest absolute Gasteiger partial charge is 0.457 e. The number of aliphatic imine (C=N–C) groups is 1. The number of nitrogens with one attached hydrogen (secondary N) is 1. The van der Waals surface area contributed by atoms with Crippen LogP contribution in [0, 0.1) is 0 Å². The zero-order valence-electron chi connectivity index (χ0n) is 17.4. The molecule has 1 fully saturated rings. The lowest BCUT2D eigenvalue weighted by molar-refractivity contribution is -0.133.